The molecule has 7 nitrogen and oxygen atoms in total. The summed E-state index contributed by atoms with van der Waals surface area (Å²) in [4.78, 5) is 25.7. The van der Waals surface area contributed by atoms with Crippen molar-refractivity contribution < 1.29 is 19.1 Å². The standard InChI is InChI=1S/C21H17N3O4/c1-12-19-15(20(26)13-7-8-16-17(9-13)28-11-27-16)10-18(25)22-21(19)24(23-12)14-5-3-2-4-6-14/h2-9,15H,10-11H2,1H3,(H,22,25). The summed E-state index contributed by atoms with van der Waals surface area (Å²) in [7, 11) is 0. The molecule has 7 heteroatoms. The molecular weight excluding hydrogens is 358 g/mol. The largest absolute Gasteiger partial charge is 0.454 e. The van der Waals surface area contributed by atoms with Crippen molar-refractivity contribution in [1.29, 1.82) is 0 Å². The van der Waals surface area contributed by atoms with E-state index in [0.717, 1.165) is 16.9 Å². The molecule has 0 bridgehead atoms. The van der Waals surface area contributed by atoms with Crippen LogP contribution in [0.5, 0.6) is 11.5 Å². The van der Waals surface area contributed by atoms with E-state index >= 15 is 0 Å². The summed E-state index contributed by atoms with van der Waals surface area (Å²) in [5.41, 5.74) is 2.79. The highest BCUT2D eigenvalue weighted by molar-refractivity contribution is 6.08. The van der Waals surface area contributed by atoms with Gasteiger partial charge < -0.3 is 14.8 Å². The van der Waals surface area contributed by atoms with E-state index in [4.69, 9.17) is 9.47 Å². The number of hydrogen-bond donors (Lipinski definition) is 1. The predicted octanol–water partition coefficient (Wildman–Crippen LogP) is 3.22. The van der Waals surface area contributed by atoms with Gasteiger partial charge in [-0.2, -0.15) is 5.10 Å². The summed E-state index contributed by atoms with van der Waals surface area (Å²) in [6.07, 6.45) is 0.0849. The zero-order chi connectivity index (χ0) is 19.3. The van der Waals surface area contributed by atoms with Crippen LogP contribution in [0.1, 0.15) is 34.0 Å². The van der Waals surface area contributed by atoms with Crippen molar-refractivity contribution in [1.82, 2.24) is 9.78 Å². The summed E-state index contributed by atoms with van der Waals surface area (Å²) >= 11 is 0. The Morgan fingerprint density at radius 3 is 2.75 bits per heavy atom. The first-order chi connectivity index (χ1) is 13.6. The highest BCUT2D eigenvalue weighted by Gasteiger charge is 2.36. The Labute approximate surface area is 160 Å². The van der Waals surface area contributed by atoms with Crippen molar-refractivity contribution in [2.45, 2.75) is 19.3 Å². The maximum Gasteiger partial charge on any atom is 0.231 e. The van der Waals surface area contributed by atoms with Crippen LogP contribution in [-0.4, -0.2) is 28.3 Å². The average Bonchev–Trinajstić information content (AvgIpc) is 3.31. The number of ketones is 1. The maximum absolute atomic E-state index is 13.3. The van der Waals surface area contributed by atoms with Gasteiger partial charge in [-0.05, 0) is 37.3 Å². The summed E-state index contributed by atoms with van der Waals surface area (Å²) in [5.74, 6) is 0.782. The van der Waals surface area contributed by atoms with Crippen LogP contribution < -0.4 is 14.8 Å². The minimum atomic E-state index is -0.596. The zero-order valence-corrected chi connectivity index (χ0v) is 15.1. The third kappa shape index (κ3) is 2.55. The fourth-order valence-corrected chi connectivity index (χ4v) is 3.78. The van der Waals surface area contributed by atoms with Crippen molar-refractivity contribution in [3.8, 4) is 17.2 Å². The van der Waals surface area contributed by atoms with Crippen molar-refractivity contribution in [2.24, 2.45) is 0 Å². The Morgan fingerprint density at radius 2 is 1.93 bits per heavy atom. The predicted molar refractivity (Wildman–Crippen MR) is 101 cm³/mol. The van der Waals surface area contributed by atoms with Crippen LogP contribution in [0.15, 0.2) is 48.5 Å². The SMILES string of the molecule is Cc1nn(-c2ccccc2)c2c1C(C(=O)c1ccc3c(c1)OCO3)CC(=O)N2. The number of Topliss-reactive ketones (excluding diaryl/α,β-unsaturated/α-hetero) is 1. The number of amides is 1. The van der Waals surface area contributed by atoms with Crippen molar-refractivity contribution in [2.75, 3.05) is 12.1 Å². The van der Waals surface area contributed by atoms with Gasteiger partial charge in [0.25, 0.3) is 0 Å². The number of nitrogens with one attached hydrogen (secondary N) is 1. The molecule has 0 saturated carbocycles. The fourth-order valence-electron chi connectivity index (χ4n) is 3.78. The molecule has 28 heavy (non-hydrogen) atoms. The maximum atomic E-state index is 13.3. The first-order valence-electron chi connectivity index (χ1n) is 9.00. The number of nitrogens with zero attached hydrogens (tertiary/aromatic N) is 2. The number of carbonyl (C=O) groups excluding carboxylic acids is 2. The molecule has 3 aromatic rings. The normalized spacial score (nSPS) is 17.2. The van der Waals surface area contributed by atoms with Gasteiger partial charge in [0.2, 0.25) is 12.7 Å². The van der Waals surface area contributed by atoms with Crippen LogP contribution in [0.2, 0.25) is 0 Å². The highest BCUT2D eigenvalue weighted by atomic mass is 16.7. The Balaban J connectivity index is 1.59. The van der Waals surface area contributed by atoms with Crippen LogP contribution in [-0.2, 0) is 4.79 Å². The molecular formula is C21H17N3O4. The summed E-state index contributed by atoms with van der Waals surface area (Å²) < 4.78 is 12.4. The molecule has 5 rings (SSSR count). The van der Waals surface area contributed by atoms with Gasteiger partial charge in [-0.25, -0.2) is 4.68 Å². The number of rotatable bonds is 3. The lowest BCUT2D eigenvalue weighted by atomic mass is 9.85. The fraction of sp³-hybridized carbons (Fsp3) is 0.190. The molecule has 0 spiro atoms. The molecule has 1 atom stereocenters. The molecule has 140 valence electrons. The van der Waals surface area contributed by atoms with Crippen LogP contribution in [0.25, 0.3) is 5.69 Å². The number of para-hydroxylation sites is 1. The molecule has 1 unspecified atom stereocenters. The molecule has 0 fully saturated rings. The highest BCUT2D eigenvalue weighted by Crippen LogP contribution is 2.40. The van der Waals surface area contributed by atoms with Gasteiger partial charge in [0.15, 0.2) is 17.3 Å². The van der Waals surface area contributed by atoms with E-state index in [1.54, 1.807) is 22.9 Å². The van der Waals surface area contributed by atoms with Gasteiger partial charge in [-0.15, -0.1) is 0 Å². The second-order valence-electron chi connectivity index (χ2n) is 6.83. The molecule has 1 aromatic heterocycles. The second kappa shape index (κ2) is 6.23. The quantitative estimate of drug-likeness (QED) is 0.711. The molecule has 2 aromatic carbocycles. The molecule has 0 saturated heterocycles. The Morgan fingerprint density at radius 1 is 1.14 bits per heavy atom. The number of benzene rings is 2. The van der Waals surface area contributed by atoms with E-state index in [1.807, 2.05) is 37.3 Å². The first kappa shape index (κ1) is 16.6. The zero-order valence-electron chi connectivity index (χ0n) is 15.1. The monoisotopic (exact) mass is 375 g/mol. The minimum Gasteiger partial charge on any atom is -0.454 e. The summed E-state index contributed by atoms with van der Waals surface area (Å²) in [5, 5.41) is 7.48. The van der Waals surface area contributed by atoms with E-state index in [9.17, 15) is 9.59 Å². The van der Waals surface area contributed by atoms with Crippen LogP contribution in [0.3, 0.4) is 0 Å². The molecule has 3 heterocycles. The Hall–Kier alpha value is -3.61. The molecule has 0 aliphatic carbocycles. The number of hydrogen-bond acceptors (Lipinski definition) is 5. The van der Waals surface area contributed by atoms with Crippen LogP contribution in [0.4, 0.5) is 5.82 Å². The molecule has 2 aliphatic heterocycles. The summed E-state index contributed by atoms with van der Waals surface area (Å²) in [6, 6.07) is 14.6. The van der Waals surface area contributed by atoms with Gasteiger partial charge in [0, 0.05) is 17.5 Å². The second-order valence-corrected chi connectivity index (χ2v) is 6.83. The van der Waals surface area contributed by atoms with E-state index in [1.165, 1.54) is 0 Å². The molecule has 0 radical (unpaired) electrons. The van der Waals surface area contributed by atoms with Gasteiger partial charge >= 0.3 is 0 Å². The topological polar surface area (TPSA) is 82.5 Å². The van der Waals surface area contributed by atoms with E-state index < -0.39 is 5.92 Å². The first-order valence-corrected chi connectivity index (χ1v) is 9.00. The van der Waals surface area contributed by atoms with Gasteiger partial charge in [-0.1, -0.05) is 18.2 Å². The number of fused-ring (bicyclic) bond motifs is 2. The van der Waals surface area contributed by atoms with Gasteiger partial charge in [-0.3, -0.25) is 9.59 Å². The third-order valence-corrected chi connectivity index (χ3v) is 5.08. The van der Waals surface area contributed by atoms with Crippen molar-refractivity contribution in [3.05, 3.63) is 65.4 Å². The van der Waals surface area contributed by atoms with Crippen molar-refractivity contribution >= 4 is 17.5 Å². The molecule has 1 amide bonds. The lowest BCUT2D eigenvalue weighted by Gasteiger charge is -2.23. The minimum absolute atomic E-state index is 0.0849. The summed E-state index contributed by atoms with van der Waals surface area (Å²) in [6.45, 7) is 2.00. The van der Waals surface area contributed by atoms with Crippen LogP contribution in [0, 0.1) is 6.92 Å². The molecule has 1 N–H and O–H groups in total. The van der Waals surface area contributed by atoms with Crippen molar-refractivity contribution in [3.63, 3.8) is 0 Å². The van der Waals surface area contributed by atoms with Crippen LogP contribution >= 0.6 is 0 Å². The number of aryl methyl sites for hydroxylation is 1. The smallest absolute Gasteiger partial charge is 0.231 e. The van der Waals surface area contributed by atoms with E-state index in [0.29, 0.717) is 22.9 Å². The number of ether oxygens (including phenoxy) is 2. The van der Waals surface area contributed by atoms with E-state index in [-0.39, 0.29) is 24.9 Å². The van der Waals surface area contributed by atoms with Gasteiger partial charge in [0.05, 0.1) is 17.3 Å². The Bertz CT molecular complexity index is 1100. The Kier molecular flexibility index (Phi) is 3.68. The lowest BCUT2D eigenvalue weighted by Crippen LogP contribution is -2.28. The number of carbonyl (C=O) groups is 2. The average molecular weight is 375 g/mol. The third-order valence-electron chi connectivity index (χ3n) is 5.08. The van der Waals surface area contributed by atoms with E-state index in [2.05, 4.69) is 10.4 Å². The number of anilines is 1. The lowest BCUT2D eigenvalue weighted by molar-refractivity contribution is -0.116. The number of aromatic nitrogens is 2. The van der Waals surface area contributed by atoms with Gasteiger partial charge in [0.1, 0.15) is 5.82 Å². The molecule has 2 aliphatic rings.